The summed E-state index contributed by atoms with van der Waals surface area (Å²) in [4.78, 5) is 13.7. The summed E-state index contributed by atoms with van der Waals surface area (Å²) < 4.78 is 4.91. The van der Waals surface area contributed by atoms with E-state index in [1.807, 2.05) is 0 Å². The van der Waals surface area contributed by atoms with Gasteiger partial charge in [-0.25, -0.2) is 4.79 Å². The first-order chi connectivity index (χ1) is 6.89. The van der Waals surface area contributed by atoms with Gasteiger partial charge >= 0.3 is 6.09 Å². The second kappa shape index (κ2) is 5.73. The van der Waals surface area contributed by atoms with Crippen molar-refractivity contribution in [3.8, 4) is 6.07 Å². The normalized spacial score (nSPS) is 11.9. The van der Waals surface area contributed by atoms with Crippen LogP contribution in [0.1, 0.15) is 20.8 Å². The highest BCUT2D eigenvalue weighted by Gasteiger charge is 2.18. The molecule has 0 aliphatic rings. The van der Waals surface area contributed by atoms with Crippen molar-refractivity contribution in [2.24, 2.45) is 5.11 Å². The summed E-state index contributed by atoms with van der Waals surface area (Å²) in [6, 6.07) is 0.912. The lowest BCUT2D eigenvalue weighted by molar-refractivity contribution is 0.0517. The lowest BCUT2D eigenvalue weighted by Gasteiger charge is -2.20. The van der Waals surface area contributed by atoms with Crippen LogP contribution >= 0.6 is 0 Å². The van der Waals surface area contributed by atoms with Crippen molar-refractivity contribution < 1.29 is 9.53 Å². The maximum Gasteiger partial charge on any atom is 0.408 e. The molecule has 0 saturated carbocycles. The number of alkyl carbamates (subject to hydrolysis) is 1. The van der Waals surface area contributed by atoms with Crippen LogP contribution in [0.25, 0.3) is 10.4 Å². The van der Waals surface area contributed by atoms with Gasteiger partial charge in [-0.3, -0.25) is 0 Å². The lowest BCUT2D eigenvalue weighted by Crippen LogP contribution is -2.39. The van der Waals surface area contributed by atoms with Gasteiger partial charge in [0, 0.05) is 4.91 Å². The smallest absolute Gasteiger partial charge is 0.408 e. The minimum atomic E-state index is -0.865. The number of carbonyl (C=O) groups is 1. The molecule has 0 unspecified atom stereocenters. The highest BCUT2D eigenvalue weighted by molar-refractivity contribution is 5.68. The van der Waals surface area contributed by atoms with E-state index in [1.54, 1.807) is 26.8 Å². The number of hydrogen-bond donors (Lipinski definition) is 1. The zero-order chi connectivity index (χ0) is 11.9. The molecule has 1 amide bonds. The van der Waals surface area contributed by atoms with Crippen molar-refractivity contribution in [2.45, 2.75) is 32.4 Å². The molecule has 7 nitrogen and oxygen atoms in total. The summed E-state index contributed by atoms with van der Waals surface area (Å²) in [7, 11) is 0. The Balaban J connectivity index is 4.14. The molecule has 7 heteroatoms. The van der Waals surface area contributed by atoms with Crippen molar-refractivity contribution in [2.75, 3.05) is 6.54 Å². The second-order valence-corrected chi connectivity index (χ2v) is 3.74. The molecule has 15 heavy (non-hydrogen) atoms. The summed E-state index contributed by atoms with van der Waals surface area (Å²) in [5.41, 5.74) is 7.41. The molecule has 0 fully saturated rings. The van der Waals surface area contributed by atoms with Crippen LogP contribution in [0.2, 0.25) is 0 Å². The van der Waals surface area contributed by atoms with E-state index >= 15 is 0 Å². The summed E-state index contributed by atoms with van der Waals surface area (Å²) >= 11 is 0. The van der Waals surface area contributed by atoms with Gasteiger partial charge in [-0.15, -0.1) is 0 Å². The van der Waals surface area contributed by atoms with Gasteiger partial charge in [-0.2, -0.15) is 5.26 Å². The van der Waals surface area contributed by atoms with E-state index in [-0.39, 0.29) is 6.54 Å². The number of hydrogen-bond acceptors (Lipinski definition) is 4. The molecule has 1 N–H and O–H groups in total. The van der Waals surface area contributed by atoms with E-state index < -0.39 is 17.7 Å². The molecule has 0 spiro atoms. The molecule has 0 heterocycles. The Kier molecular flexibility index (Phi) is 4.99. The Labute approximate surface area is 87.6 Å². The van der Waals surface area contributed by atoms with Crippen molar-refractivity contribution in [1.82, 2.24) is 5.32 Å². The van der Waals surface area contributed by atoms with Crippen LogP contribution in [0, 0.1) is 11.3 Å². The summed E-state index contributed by atoms with van der Waals surface area (Å²) in [6.07, 6.45) is -0.706. The van der Waals surface area contributed by atoms with Crippen LogP contribution in [0.4, 0.5) is 4.79 Å². The molecule has 1 atom stereocenters. The number of carbonyl (C=O) groups excluding carboxylic acids is 1. The molecule has 0 aromatic carbocycles. The molecule has 0 rings (SSSR count). The van der Waals surface area contributed by atoms with Crippen LogP contribution in [0.5, 0.6) is 0 Å². The van der Waals surface area contributed by atoms with E-state index in [2.05, 4.69) is 15.3 Å². The highest BCUT2D eigenvalue weighted by atomic mass is 16.6. The van der Waals surface area contributed by atoms with Crippen molar-refractivity contribution in [3.05, 3.63) is 10.4 Å². The number of nitrogens with zero attached hydrogens (tertiary/aromatic N) is 4. The molecule has 0 aliphatic carbocycles. The average Bonchev–Trinajstić information content (AvgIpc) is 2.09. The Morgan fingerprint density at radius 2 is 2.33 bits per heavy atom. The van der Waals surface area contributed by atoms with Crippen molar-refractivity contribution >= 4 is 6.09 Å². The largest absolute Gasteiger partial charge is 0.444 e. The molecule has 0 aliphatic heterocycles. The fourth-order valence-electron chi connectivity index (χ4n) is 0.687. The molecule has 0 radical (unpaired) electrons. The fourth-order valence-corrected chi connectivity index (χ4v) is 0.687. The van der Waals surface area contributed by atoms with E-state index in [9.17, 15) is 4.79 Å². The van der Waals surface area contributed by atoms with Gasteiger partial charge in [0.05, 0.1) is 12.6 Å². The first kappa shape index (κ1) is 13.1. The number of ether oxygens (including phenoxy) is 1. The van der Waals surface area contributed by atoms with Crippen LogP contribution in [-0.4, -0.2) is 24.3 Å². The zero-order valence-corrected chi connectivity index (χ0v) is 8.89. The minimum absolute atomic E-state index is 0.119. The Hall–Kier alpha value is -1.93. The predicted octanol–water partition coefficient (Wildman–Crippen LogP) is 1.71. The average molecular weight is 211 g/mol. The van der Waals surface area contributed by atoms with E-state index in [1.165, 1.54) is 0 Å². The van der Waals surface area contributed by atoms with Gasteiger partial charge in [0.1, 0.15) is 11.6 Å². The zero-order valence-electron chi connectivity index (χ0n) is 8.89. The van der Waals surface area contributed by atoms with Crippen LogP contribution in [-0.2, 0) is 4.74 Å². The van der Waals surface area contributed by atoms with Crippen LogP contribution < -0.4 is 5.32 Å². The highest BCUT2D eigenvalue weighted by Crippen LogP contribution is 2.06. The van der Waals surface area contributed by atoms with E-state index in [0.29, 0.717) is 0 Å². The number of rotatable bonds is 3. The molecule has 0 aromatic rings. The summed E-state index contributed by atoms with van der Waals surface area (Å²) in [5, 5.41) is 14.0. The molecule has 82 valence electrons. The SMILES string of the molecule is CC(C)(C)OC(=O)N[C@H](C#N)CN=[N+]=[N-]. The Bertz CT molecular complexity index is 308. The standard InChI is InChI=1S/C8H13N5O2/c1-8(2,3)15-7(14)12-6(4-9)5-11-13-10/h6H,5H2,1-3H3,(H,12,14)/t6-/m1/s1. The summed E-state index contributed by atoms with van der Waals surface area (Å²) in [6.45, 7) is 5.01. The van der Waals surface area contributed by atoms with Crippen LogP contribution in [0.15, 0.2) is 5.11 Å². The van der Waals surface area contributed by atoms with Crippen LogP contribution in [0.3, 0.4) is 0 Å². The van der Waals surface area contributed by atoms with Gasteiger partial charge in [-0.05, 0) is 26.3 Å². The number of nitriles is 1. The Morgan fingerprint density at radius 1 is 1.73 bits per heavy atom. The first-order valence-corrected chi connectivity index (χ1v) is 4.29. The van der Waals surface area contributed by atoms with Gasteiger partial charge in [-0.1, -0.05) is 5.11 Å². The van der Waals surface area contributed by atoms with E-state index in [0.717, 1.165) is 0 Å². The number of azide groups is 1. The summed E-state index contributed by atoms with van der Waals surface area (Å²) in [5.74, 6) is 0. The quantitative estimate of drug-likeness (QED) is 0.435. The number of amides is 1. The molecular weight excluding hydrogens is 198 g/mol. The molecular formula is C8H13N5O2. The van der Waals surface area contributed by atoms with Crippen molar-refractivity contribution in [3.63, 3.8) is 0 Å². The Morgan fingerprint density at radius 3 is 2.73 bits per heavy atom. The maximum atomic E-state index is 11.2. The third-order valence-corrected chi connectivity index (χ3v) is 1.17. The monoisotopic (exact) mass is 211 g/mol. The molecule has 0 saturated heterocycles. The third kappa shape index (κ3) is 7.16. The first-order valence-electron chi connectivity index (χ1n) is 4.29. The second-order valence-electron chi connectivity index (χ2n) is 3.74. The third-order valence-electron chi connectivity index (χ3n) is 1.17. The van der Waals surface area contributed by atoms with Gasteiger partial charge in [0.25, 0.3) is 0 Å². The topological polar surface area (TPSA) is 111 Å². The van der Waals surface area contributed by atoms with Gasteiger partial charge in [0.15, 0.2) is 0 Å². The fraction of sp³-hybridized carbons (Fsp3) is 0.750. The van der Waals surface area contributed by atoms with Gasteiger partial charge < -0.3 is 10.1 Å². The predicted molar refractivity (Wildman–Crippen MR) is 52.8 cm³/mol. The molecule has 0 bridgehead atoms. The van der Waals surface area contributed by atoms with E-state index in [4.69, 9.17) is 15.5 Å². The minimum Gasteiger partial charge on any atom is -0.444 e. The van der Waals surface area contributed by atoms with Gasteiger partial charge in [0.2, 0.25) is 0 Å². The maximum absolute atomic E-state index is 11.2. The molecule has 0 aromatic heterocycles. The lowest BCUT2D eigenvalue weighted by atomic mass is 10.2. The number of nitrogens with one attached hydrogen (secondary N) is 1. The van der Waals surface area contributed by atoms with Crippen molar-refractivity contribution in [1.29, 1.82) is 5.26 Å².